The normalized spacial score (nSPS) is 18.6. The Bertz CT molecular complexity index is 1800. The van der Waals surface area contributed by atoms with Crippen LogP contribution in [0, 0.1) is 19.3 Å². The third-order valence-corrected chi connectivity index (χ3v) is 7.86. The fourth-order valence-electron chi connectivity index (χ4n) is 6.33. The van der Waals surface area contributed by atoms with Gasteiger partial charge in [-0.2, -0.15) is 0 Å². The van der Waals surface area contributed by atoms with E-state index in [-0.39, 0.29) is 17.2 Å². The monoisotopic (exact) mass is 502 g/mol. The molecule has 0 saturated heterocycles. The predicted molar refractivity (Wildman–Crippen MR) is 152 cm³/mol. The number of anilines is 2. The molecule has 5 nitrogen and oxygen atoms in total. The van der Waals surface area contributed by atoms with Crippen molar-refractivity contribution < 1.29 is 13.6 Å². The van der Waals surface area contributed by atoms with Crippen LogP contribution in [-0.4, -0.2) is 5.78 Å². The van der Waals surface area contributed by atoms with Gasteiger partial charge in [-0.25, -0.2) is 0 Å². The zero-order chi connectivity index (χ0) is 26.2. The van der Waals surface area contributed by atoms with E-state index < -0.39 is 0 Å². The summed E-state index contributed by atoms with van der Waals surface area (Å²) in [6.07, 6.45) is 1.31. The summed E-state index contributed by atoms with van der Waals surface area (Å²) in [5, 5.41) is 10.5. The van der Waals surface area contributed by atoms with Crippen LogP contribution in [0.4, 0.5) is 11.4 Å². The highest BCUT2D eigenvalue weighted by Crippen LogP contribution is 2.50. The number of ketones is 1. The largest absolute Gasteiger partial charge is 0.461 e. The maximum absolute atomic E-state index is 13.9. The molecule has 0 radical (unpaired) electrons. The lowest BCUT2D eigenvalue weighted by molar-refractivity contribution is -0.118. The Morgan fingerprint density at radius 2 is 1.55 bits per heavy atom. The Balaban J connectivity index is 1.58. The number of furan rings is 2. The number of carbonyl (C=O) groups excluding carboxylic acids is 1. The van der Waals surface area contributed by atoms with E-state index in [0.29, 0.717) is 6.42 Å². The number of hydrogen-bond acceptors (Lipinski definition) is 5. The van der Waals surface area contributed by atoms with Gasteiger partial charge in [0.2, 0.25) is 0 Å². The Labute approximate surface area is 221 Å². The molecule has 38 heavy (non-hydrogen) atoms. The lowest BCUT2D eigenvalue weighted by Crippen LogP contribution is -2.31. The van der Waals surface area contributed by atoms with Crippen LogP contribution in [-0.2, 0) is 4.79 Å². The van der Waals surface area contributed by atoms with Crippen molar-refractivity contribution in [3.05, 3.63) is 95.1 Å². The number of nitrogens with one attached hydrogen (secondary N) is 2. The number of Topliss-reactive ketones (excluding diaryl/α,β-unsaturated/α-hetero) is 1. The fourth-order valence-corrected chi connectivity index (χ4v) is 6.33. The topological polar surface area (TPSA) is 67.4 Å². The van der Waals surface area contributed by atoms with Crippen molar-refractivity contribution in [2.24, 2.45) is 5.41 Å². The lowest BCUT2D eigenvalue weighted by atomic mass is 9.73. The number of allylic oxidation sites excluding steroid dienone is 1. The molecule has 0 bridgehead atoms. The van der Waals surface area contributed by atoms with Crippen LogP contribution < -0.4 is 10.6 Å². The maximum atomic E-state index is 13.9. The van der Waals surface area contributed by atoms with E-state index in [9.17, 15) is 4.79 Å². The average molecular weight is 503 g/mol. The number of hydrogen-bond donors (Lipinski definition) is 2. The molecule has 0 spiro atoms. The molecule has 1 atom stereocenters. The zero-order valence-electron chi connectivity index (χ0n) is 22.1. The Morgan fingerprint density at radius 3 is 2.32 bits per heavy atom. The van der Waals surface area contributed by atoms with Gasteiger partial charge in [-0.15, -0.1) is 0 Å². The second-order valence-electron chi connectivity index (χ2n) is 11.4. The van der Waals surface area contributed by atoms with Crippen LogP contribution in [0.3, 0.4) is 0 Å². The van der Waals surface area contributed by atoms with Crippen molar-refractivity contribution in [2.45, 2.75) is 46.6 Å². The minimum Gasteiger partial charge on any atom is -0.461 e. The molecular formula is C33H30N2O3. The molecule has 2 aromatic heterocycles. The summed E-state index contributed by atoms with van der Waals surface area (Å²) in [4.78, 5) is 13.9. The minimum atomic E-state index is -0.346. The molecule has 7 rings (SSSR count). The summed E-state index contributed by atoms with van der Waals surface area (Å²) >= 11 is 0. The molecule has 2 aliphatic rings. The van der Waals surface area contributed by atoms with Gasteiger partial charge < -0.3 is 19.5 Å². The molecule has 0 amide bonds. The van der Waals surface area contributed by atoms with E-state index in [1.165, 1.54) is 0 Å². The van der Waals surface area contributed by atoms with Crippen molar-refractivity contribution in [3.8, 4) is 11.3 Å². The highest BCUT2D eigenvalue weighted by Gasteiger charge is 2.40. The molecule has 5 aromatic rings. The molecule has 5 heteroatoms. The van der Waals surface area contributed by atoms with Gasteiger partial charge in [0, 0.05) is 23.1 Å². The van der Waals surface area contributed by atoms with Gasteiger partial charge in [0.15, 0.2) is 5.78 Å². The van der Waals surface area contributed by atoms with Crippen molar-refractivity contribution in [1.29, 1.82) is 0 Å². The maximum Gasteiger partial charge on any atom is 0.163 e. The molecule has 1 unspecified atom stereocenters. The van der Waals surface area contributed by atoms with Crippen molar-refractivity contribution in [2.75, 3.05) is 10.6 Å². The third-order valence-electron chi connectivity index (χ3n) is 7.86. The van der Waals surface area contributed by atoms with Crippen LogP contribution in [0.15, 0.2) is 86.8 Å². The van der Waals surface area contributed by atoms with Gasteiger partial charge in [0.25, 0.3) is 0 Å². The standard InChI is InChI=1S/C33H30N2O3/c1-18-13-14-27(37-18)29-21-10-6-5-9-20(21)28(22-15-19(2)38-32(22)29)31-30-25(16-33(3,4)17-26(30)36)34-23-11-7-8-12-24(23)35-31/h5-15,31,34-35H,16-17H2,1-4H3. The van der Waals surface area contributed by atoms with Gasteiger partial charge in [0.05, 0.1) is 23.0 Å². The van der Waals surface area contributed by atoms with E-state index in [1.54, 1.807) is 0 Å². The average Bonchev–Trinajstić information content (AvgIpc) is 3.42. The van der Waals surface area contributed by atoms with Gasteiger partial charge in [-0.05, 0) is 72.4 Å². The first-order valence-corrected chi connectivity index (χ1v) is 13.2. The SMILES string of the molecule is Cc1ccc(-c2c3ccccc3c(C3Nc4ccccc4NC4=C3C(=O)CC(C)(C)C4)c3cc(C)oc23)o1. The first-order valence-electron chi connectivity index (χ1n) is 13.2. The Hall–Kier alpha value is -4.25. The number of rotatable bonds is 2. The quantitative estimate of drug-likeness (QED) is 0.253. The van der Waals surface area contributed by atoms with Crippen molar-refractivity contribution >= 4 is 38.9 Å². The first kappa shape index (κ1) is 22.9. The smallest absolute Gasteiger partial charge is 0.163 e. The number of aryl methyl sites for hydroxylation is 2. The van der Waals surface area contributed by atoms with E-state index in [2.05, 4.69) is 60.9 Å². The number of carbonyl (C=O) groups is 1. The first-order chi connectivity index (χ1) is 18.3. The van der Waals surface area contributed by atoms with Crippen molar-refractivity contribution in [1.82, 2.24) is 0 Å². The zero-order valence-corrected chi connectivity index (χ0v) is 22.1. The van der Waals surface area contributed by atoms with E-state index in [4.69, 9.17) is 8.83 Å². The summed E-state index contributed by atoms with van der Waals surface area (Å²) in [7, 11) is 0. The molecule has 3 heterocycles. The van der Waals surface area contributed by atoms with Crippen LogP contribution in [0.25, 0.3) is 33.1 Å². The molecule has 0 fully saturated rings. The van der Waals surface area contributed by atoms with Crippen LogP contribution in [0.5, 0.6) is 0 Å². The van der Waals surface area contributed by atoms with Gasteiger partial charge >= 0.3 is 0 Å². The summed E-state index contributed by atoms with van der Waals surface area (Å²) in [6, 6.07) is 22.3. The second kappa shape index (κ2) is 8.12. The van der Waals surface area contributed by atoms with Gasteiger partial charge in [0.1, 0.15) is 22.9 Å². The molecule has 3 aromatic carbocycles. The van der Waals surface area contributed by atoms with Crippen LogP contribution >= 0.6 is 0 Å². The highest BCUT2D eigenvalue weighted by atomic mass is 16.4. The summed E-state index contributed by atoms with van der Waals surface area (Å²) in [5.74, 6) is 2.62. The predicted octanol–water partition coefficient (Wildman–Crippen LogP) is 8.68. The molecule has 1 aliphatic carbocycles. The Morgan fingerprint density at radius 1 is 0.816 bits per heavy atom. The van der Waals surface area contributed by atoms with Crippen molar-refractivity contribution in [3.63, 3.8) is 0 Å². The number of para-hydroxylation sites is 2. The number of benzene rings is 3. The van der Waals surface area contributed by atoms with E-state index in [1.807, 2.05) is 44.2 Å². The Kier molecular flexibility index (Phi) is 4.90. The summed E-state index contributed by atoms with van der Waals surface area (Å²) < 4.78 is 12.5. The third kappa shape index (κ3) is 3.49. The summed E-state index contributed by atoms with van der Waals surface area (Å²) in [6.45, 7) is 8.27. The molecule has 190 valence electrons. The van der Waals surface area contributed by atoms with E-state index in [0.717, 1.165) is 79.2 Å². The molecule has 2 N–H and O–H groups in total. The van der Waals surface area contributed by atoms with E-state index >= 15 is 0 Å². The van der Waals surface area contributed by atoms with Gasteiger partial charge in [-0.1, -0.05) is 50.2 Å². The highest BCUT2D eigenvalue weighted by molar-refractivity contribution is 6.14. The molecular weight excluding hydrogens is 472 g/mol. The molecule has 0 saturated carbocycles. The number of fused-ring (bicyclic) bond motifs is 3. The van der Waals surface area contributed by atoms with Crippen LogP contribution in [0.1, 0.15) is 49.8 Å². The lowest BCUT2D eigenvalue weighted by Gasteiger charge is -2.34. The second-order valence-corrected chi connectivity index (χ2v) is 11.4. The summed E-state index contributed by atoms with van der Waals surface area (Å²) in [5.41, 5.74) is 6.43. The van der Waals surface area contributed by atoms with Crippen LogP contribution in [0.2, 0.25) is 0 Å². The minimum absolute atomic E-state index is 0.114. The fraction of sp³-hybridized carbons (Fsp3) is 0.242. The molecule has 1 aliphatic heterocycles. The van der Waals surface area contributed by atoms with Gasteiger partial charge in [-0.3, -0.25) is 4.79 Å².